The lowest BCUT2D eigenvalue weighted by Crippen LogP contribution is -2.22. The molecule has 7 nitrogen and oxygen atoms in total. The summed E-state index contributed by atoms with van der Waals surface area (Å²) in [7, 11) is 0. The normalized spacial score (nSPS) is 11.2. The monoisotopic (exact) mass is 444 g/mol. The molecule has 158 valence electrons. The molecule has 0 aliphatic rings. The highest BCUT2D eigenvalue weighted by Crippen LogP contribution is 2.25. The minimum atomic E-state index is -0.383. The van der Waals surface area contributed by atoms with Gasteiger partial charge in [0.15, 0.2) is 11.0 Å². The number of aryl methyl sites for hydroxylation is 1. The lowest BCUT2D eigenvalue weighted by molar-refractivity contribution is 0.615. The lowest BCUT2D eigenvalue weighted by Gasteiger charge is -2.14. The van der Waals surface area contributed by atoms with Gasteiger partial charge in [0.1, 0.15) is 5.82 Å². The lowest BCUT2D eigenvalue weighted by atomic mass is 10.2. The van der Waals surface area contributed by atoms with Gasteiger partial charge >= 0.3 is 0 Å². The second-order valence-electron chi connectivity index (χ2n) is 7.12. The Kier molecular flexibility index (Phi) is 5.24. The highest BCUT2D eigenvalue weighted by Gasteiger charge is 2.16. The Balaban J connectivity index is 1.59. The summed E-state index contributed by atoms with van der Waals surface area (Å²) in [6.07, 6.45) is 0. The van der Waals surface area contributed by atoms with E-state index in [9.17, 15) is 9.18 Å². The molecule has 2 heterocycles. The quantitative estimate of drug-likeness (QED) is 0.300. The highest BCUT2D eigenvalue weighted by molar-refractivity contribution is 7.98. The molecule has 5 rings (SSSR count). The fraction of sp³-hybridized carbons (Fsp3) is 0.0870. The molecular weight excluding hydrogens is 427 g/mol. The van der Waals surface area contributed by atoms with Gasteiger partial charge in [-0.25, -0.2) is 9.37 Å². The van der Waals surface area contributed by atoms with Crippen molar-refractivity contribution in [1.82, 2.24) is 29.8 Å². The standard InChI is InChI=1S/C23H17FN6OS/c1-15-11-12-17(13-19(15)24)29-22(31)18-9-5-6-10-20(18)25-23(29)32-14-21-26-27-28-30(21)16-7-3-2-4-8-16/h2-13H,14H2,1H3. The van der Waals surface area contributed by atoms with Gasteiger partial charge in [0.05, 0.1) is 28.0 Å². The SMILES string of the molecule is Cc1ccc(-n2c(SCc3nnnn3-c3ccccc3)nc3ccccc3c2=O)cc1F. The third-order valence-corrected chi connectivity index (χ3v) is 5.96. The van der Waals surface area contributed by atoms with Gasteiger partial charge < -0.3 is 0 Å². The number of fused-ring (bicyclic) bond motifs is 1. The zero-order valence-corrected chi connectivity index (χ0v) is 17.8. The number of tetrazole rings is 1. The van der Waals surface area contributed by atoms with E-state index in [4.69, 9.17) is 4.98 Å². The van der Waals surface area contributed by atoms with Crippen molar-refractivity contribution >= 4 is 22.7 Å². The van der Waals surface area contributed by atoms with Gasteiger partial charge in [-0.15, -0.1) is 5.10 Å². The predicted octanol–water partition coefficient (Wildman–Crippen LogP) is 4.10. The molecule has 2 aromatic heterocycles. The zero-order valence-electron chi connectivity index (χ0n) is 17.0. The second-order valence-corrected chi connectivity index (χ2v) is 8.06. The average Bonchev–Trinajstić information content (AvgIpc) is 3.29. The zero-order chi connectivity index (χ0) is 22.1. The number of hydrogen-bond donors (Lipinski definition) is 0. The minimum absolute atomic E-state index is 0.260. The van der Waals surface area contributed by atoms with Crippen molar-refractivity contribution in [3.63, 3.8) is 0 Å². The maximum atomic E-state index is 14.3. The van der Waals surface area contributed by atoms with E-state index in [1.54, 1.807) is 41.9 Å². The summed E-state index contributed by atoms with van der Waals surface area (Å²) in [6, 6.07) is 21.4. The summed E-state index contributed by atoms with van der Waals surface area (Å²) in [5.41, 5.74) is 2.07. The van der Waals surface area contributed by atoms with Crippen LogP contribution in [-0.4, -0.2) is 29.8 Å². The van der Waals surface area contributed by atoms with Crippen LogP contribution in [0.5, 0.6) is 0 Å². The first kappa shape index (κ1) is 20.1. The van der Waals surface area contributed by atoms with Crippen LogP contribution in [0.1, 0.15) is 11.4 Å². The molecule has 0 N–H and O–H groups in total. The Labute approximate surface area is 186 Å². The summed E-state index contributed by atoms with van der Waals surface area (Å²) in [4.78, 5) is 18.0. The van der Waals surface area contributed by atoms with E-state index in [1.807, 2.05) is 36.4 Å². The van der Waals surface area contributed by atoms with Gasteiger partial charge in [0.25, 0.3) is 5.56 Å². The molecule has 0 unspecified atom stereocenters. The Bertz CT molecular complexity index is 1480. The Morgan fingerprint density at radius 2 is 1.75 bits per heavy atom. The van der Waals surface area contributed by atoms with E-state index < -0.39 is 0 Å². The summed E-state index contributed by atoms with van der Waals surface area (Å²) in [5.74, 6) is 0.581. The molecule has 0 radical (unpaired) electrons. The summed E-state index contributed by atoms with van der Waals surface area (Å²) >= 11 is 1.31. The first-order valence-electron chi connectivity index (χ1n) is 9.85. The van der Waals surface area contributed by atoms with Crippen LogP contribution in [0.3, 0.4) is 0 Å². The van der Waals surface area contributed by atoms with Gasteiger partial charge in [-0.05, 0) is 59.3 Å². The maximum Gasteiger partial charge on any atom is 0.266 e. The minimum Gasteiger partial charge on any atom is -0.268 e. The molecule has 0 saturated heterocycles. The van der Waals surface area contributed by atoms with Crippen molar-refractivity contribution in [2.75, 3.05) is 0 Å². The number of nitrogens with zero attached hydrogens (tertiary/aromatic N) is 6. The van der Waals surface area contributed by atoms with Crippen LogP contribution < -0.4 is 5.56 Å². The predicted molar refractivity (Wildman–Crippen MR) is 121 cm³/mol. The number of para-hydroxylation sites is 2. The molecule has 5 aromatic rings. The van der Waals surface area contributed by atoms with Crippen LogP contribution in [-0.2, 0) is 5.75 Å². The van der Waals surface area contributed by atoms with Crippen molar-refractivity contribution in [2.45, 2.75) is 17.8 Å². The van der Waals surface area contributed by atoms with E-state index in [-0.39, 0.29) is 11.4 Å². The molecule has 0 spiro atoms. The molecule has 0 atom stereocenters. The molecule has 32 heavy (non-hydrogen) atoms. The van der Waals surface area contributed by atoms with Crippen molar-refractivity contribution in [1.29, 1.82) is 0 Å². The van der Waals surface area contributed by atoms with Crippen LogP contribution in [0.4, 0.5) is 4.39 Å². The van der Waals surface area contributed by atoms with E-state index in [2.05, 4.69) is 15.5 Å². The van der Waals surface area contributed by atoms with Gasteiger partial charge in [0, 0.05) is 0 Å². The van der Waals surface area contributed by atoms with E-state index >= 15 is 0 Å². The molecule has 0 fully saturated rings. The van der Waals surface area contributed by atoms with E-state index in [1.165, 1.54) is 22.4 Å². The summed E-state index contributed by atoms with van der Waals surface area (Å²) < 4.78 is 17.4. The number of rotatable bonds is 5. The molecule has 0 bridgehead atoms. The van der Waals surface area contributed by atoms with E-state index in [0.717, 1.165) is 5.69 Å². The van der Waals surface area contributed by atoms with Crippen LogP contribution in [0.2, 0.25) is 0 Å². The topological polar surface area (TPSA) is 78.5 Å². The first-order chi connectivity index (χ1) is 15.6. The van der Waals surface area contributed by atoms with Gasteiger partial charge in [-0.2, -0.15) is 4.68 Å². The molecule has 3 aromatic carbocycles. The number of hydrogen-bond acceptors (Lipinski definition) is 6. The van der Waals surface area contributed by atoms with Crippen LogP contribution >= 0.6 is 11.8 Å². The van der Waals surface area contributed by atoms with Gasteiger partial charge in [-0.1, -0.05) is 48.2 Å². The third kappa shape index (κ3) is 3.67. The summed E-state index contributed by atoms with van der Waals surface area (Å²) in [6.45, 7) is 1.68. The van der Waals surface area contributed by atoms with Crippen molar-refractivity contribution in [3.8, 4) is 11.4 Å². The van der Waals surface area contributed by atoms with Crippen molar-refractivity contribution in [2.24, 2.45) is 0 Å². The smallest absolute Gasteiger partial charge is 0.266 e. The highest BCUT2D eigenvalue weighted by atomic mass is 32.2. The maximum absolute atomic E-state index is 14.3. The molecule has 0 amide bonds. The van der Waals surface area contributed by atoms with Crippen molar-refractivity contribution < 1.29 is 4.39 Å². The molecule has 0 aliphatic heterocycles. The first-order valence-corrected chi connectivity index (χ1v) is 10.8. The molecule has 0 saturated carbocycles. The average molecular weight is 444 g/mol. The number of benzene rings is 3. The Morgan fingerprint density at radius 3 is 2.56 bits per heavy atom. The Hall–Kier alpha value is -3.85. The fourth-order valence-electron chi connectivity index (χ4n) is 3.35. The molecular formula is C23H17FN6OS. The largest absolute Gasteiger partial charge is 0.268 e. The van der Waals surface area contributed by atoms with Crippen LogP contribution in [0, 0.1) is 12.7 Å². The number of thioether (sulfide) groups is 1. The third-order valence-electron chi connectivity index (χ3n) is 5.02. The summed E-state index contributed by atoms with van der Waals surface area (Å²) in [5, 5.41) is 12.9. The van der Waals surface area contributed by atoms with E-state index in [0.29, 0.717) is 38.9 Å². The fourth-order valence-corrected chi connectivity index (χ4v) is 4.27. The van der Waals surface area contributed by atoms with Crippen LogP contribution in [0.15, 0.2) is 82.7 Å². The van der Waals surface area contributed by atoms with Crippen molar-refractivity contribution in [3.05, 3.63) is 100 Å². The number of halogens is 1. The molecule has 9 heteroatoms. The molecule has 0 aliphatic carbocycles. The Morgan fingerprint density at radius 1 is 0.969 bits per heavy atom. The second kappa shape index (κ2) is 8.35. The number of aromatic nitrogens is 6. The van der Waals surface area contributed by atoms with Crippen LogP contribution in [0.25, 0.3) is 22.3 Å². The van der Waals surface area contributed by atoms with Gasteiger partial charge in [0.2, 0.25) is 0 Å². The van der Waals surface area contributed by atoms with Gasteiger partial charge in [-0.3, -0.25) is 9.36 Å².